The summed E-state index contributed by atoms with van der Waals surface area (Å²) in [6.07, 6.45) is 1.84. The first-order valence-electron chi connectivity index (χ1n) is 5.89. The van der Waals surface area contributed by atoms with E-state index in [1.54, 1.807) is 7.11 Å². The number of fused-ring (bicyclic) bond motifs is 1. The summed E-state index contributed by atoms with van der Waals surface area (Å²) < 4.78 is 10.6. The van der Waals surface area contributed by atoms with Gasteiger partial charge < -0.3 is 14.5 Å². The fourth-order valence-corrected chi connectivity index (χ4v) is 2.08. The molecule has 3 heteroatoms. The molecule has 1 heterocycles. The molecule has 2 rings (SSSR count). The summed E-state index contributed by atoms with van der Waals surface area (Å²) in [4.78, 5) is 0. The number of benzene rings is 1. The van der Waals surface area contributed by atoms with Crippen LogP contribution in [0.3, 0.4) is 0 Å². The molecular formula is C14H19NO2. The van der Waals surface area contributed by atoms with Gasteiger partial charge >= 0.3 is 0 Å². The third kappa shape index (κ3) is 2.68. The predicted molar refractivity (Wildman–Crippen MR) is 69.3 cm³/mol. The molecule has 0 radical (unpaired) electrons. The van der Waals surface area contributed by atoms with Crippen molar-refractivity contribution in [2.45, 2.75) is 20.4 Å². The summed E-state index contributed by atoms with van der Waals surface area (Å²) >= 11 is 0. The smallest absolute Gasteiger partial charge is 0.137 e. The van der Waals surface area contributed by atoms with E-state index in [9.17, 15) is 0 Å². The Bertz CT molecular complexity index is 502. The first-order chi connectivity index (χ1) is 8.22. The van der Waals surface area contributed by atoms with Gasteiger partial charge in [-0.25, -0.2) is 0 Å². The molecule has 0 unspecified atom stereocenters. The molecule has 0 saturated heterocycles. The van der Waals surface area contributed by atoms with Crippen LogP contribution in [0.2, 0.25) is 0 Å². The third-order valence-electron chi connectivity index (χ3n) is 2.88. The van der Waals surface area contributed by atoms with E-state index in [1.165, 1.54) is 22.1 Å². The zero-order valence-corrected chi connectivity index (χ0v) is 10.7. The van der Waals surface area contributed by atoms with Gasteiger partial charge in [0.1, 0.15) is 5.58 Å². The minimum absolute atomic E-state index is 0.730. The van der Waals surface area contributed by atoms with Crippen molar-refractivity contribution in [2.75, 3.05) is 20.3 Å². The standard InChI is InChI=1S/C14H19NO2/c1-10-6-11(2)14-13(7-10)12(9-17-14)8-15-4-5-16-3/h6-7,9,15H,4-5,8H2,1-3H3. The highest BCUT2D eigenvalue weighted by Gasteiger charge is 2.08. The van der Waals surface area contributed by atoms with Crippen LogP contribution in [0.5, 0.6) is 0 Å². The second kappa shape index (κ2) is 5.34. The van der Waals surface area contributed by atoms with Crippen LogP contribution in [0.25, 0.3) is 11.0 Å². The zero-order valence-electron chi connectivity index (χ0n) is 10.7. The summed E-state index contributed by atoms with van der Waals surface area (Å²) in [5, 5.41) is 4.55. The van der Waals surface area contributed by atoms with Gasteiger partial charge in [0.05, 0.1) is 12.9 Å². The third-order valence-corrected chi connectivity index (χ3v) is 2.88. The normalized spacial score (nSPS) is 11.2. The molecule has 1 aromatic carbocycles. The quantitative estimate of drug-likeness (QED) is 0.806. The summed E-state index contributed by atoms with van der Waals surface area (Å²) in [6.45, 7) is 6.60. The molecular weight excluding hydrogens is 214 g/mol. The van der Waals surface area contributed by atoms with Crippen molar-refractivity contribution in [1.82, 2.24) is 5.32 Å². The minimum Gasteiger partial charge on any atom is -0.464 e. The Morgan fingerprint density at radius 3 is 2.88 bits per heavy atom. The first kappa shape index (κ1) is 12.1. The van der Waals surface area contributed by atoms with Gasteiger partial charge in [-0.15, -0.1) is 0 Å². The van der Waals surface area contributed by atoms with Gasteiger partial charge in [0.25, 0.3) is 0 Å². The second-order valence-corrected chi connectivity index (χ2v) is 4.39. The Morgan fingerprint density at radius 2 is 2.12 bits per heavy atom. The molecule has 0 saturated carbocycles. The van der Waals surface area contributed by atoms with E-state index in [2.05, 4.69) is 31.3 Å². The average Bonchev–Trinajstić information content (AvgIpc) is 2.68. The van der Waals surface area contributed by atoms with Crippen LogP contribution in [0.15, 0.2) is 22.8 Å². The topological polar surface area (TPSA) is 34.4 Å². The van der Waals surface area contributed by atoms with E-state index < -0.39 is 0 Å². The highest BCUT2D eigenvalue weighted by Crippen LogP contribution is 2.25. The summed E-state index contributed by atoms with van der Waals surface area (Å²) in [6, 6.07) is 4.33. The molecule has 92 valence electrons. The van der Waals surface area contributed by atoms with Crippen molar-refractivity contribution in [3.8, 4) is 0 Å². The lowest BCUT2D eigenvalue weighted by Crippen LogP contribution is -2.18. The summed E-state index contributed by atoms with van der Waals surface area (Å²) in [5.74, 6) is 0. The summed E-state index contributed by atoms with van der Waals surface area (Å²) in [7, 11) is 1.71. The second-order valence-electron chi connectivity index (χ2n) is 4.39. The Hall–Kier alpha value is -1.32. The molecule has 0 fully saturated rings. The molecule has 0 amide bonds. The largest absolute Gasteiger partial charge is 0.464 e. The Kier molecular flexibility index (Phi) is 3.82. The van der Waals surface area contributed by atoms with E-state index in [4.69, 9.17) is 9.15 Å². The van der Waals surface area contributed by atoms with E-state index in [0.29, 0.717) is 0 Å². The van der Waals surface area contributed by atoms with E-state index >= 15 is 0 Å². The zero-order chi connectivity index (χ0) is 12.3. The fourth-order valence-electron chi connectivity index (χ4n) is 2.08. The van der Waals surface area contributed by atoms with Crippen LogP contribution in [0, 0.1) is 13.8 Å². The van der Waals surface area contributed by atoms with Gasteiger partial charge in [0.2, 0.25) is 0 Å². The minimum atomic E-state index is 0.730. The van der Waals surface area contributed by atoms with Crippen molar-refractivity contribution in [3.05, 3.63) is 35.1 Å². The van der Waals surface area contributed by atoms with Crippen LogP contribution in [-0.4, -0.2) is 20.3 Å². The molecule has 0 aliphatic heterocycles. The highest BCUT2D eigenvalue weighted by molar-refractivity contribution is 5.84. The SMILES string of the molecule is COCCNCc1coc2c(C)cc(C)cc12. The molecule has 3 nitrogen and oxygen atoms in total. The predicted octanol–water partition coefficient (Wildman–Crippen LogP) is 2.79. The lowest BCUT2D eigenvalue weighted by Gasteiger charge is -2.03. The van der Waals surface area contributed by atoms with E-state index in [1.807, 2.05) is 6.26 Å². The van der Waals surface area contributed by atoms with Crippen molar-refractivity contribution in [3.63, 3.8) is 0 Å². The van der Waals surface area contributed by atoms with Crippen molar-refractivity contribution in [1.29, 1.82) is 0 Å². The van der Waals surface area contributed by atoms with Crippen LogP contribution in [0.1, 0.15) is 16.7 Å². The van der Waals surface area contributed by atoms with Gasteiger partial charge in [-0.1, -0.05) is 6.07 Å². The molecule has 1 aromatic heterocycles. The number of aryl methyl sites for hydroxylation is 2. The fraction of sp³-hybridized carbons (Fsp3) is 0.429. The molecule has 0 aliphatic rings. The molecule has 0 spiro atoms. The van der Waals surface area contributed by atoms with Gasteiger partial charge in [0, 0.05) is 31.1 Å². The maximum atomic E-state index is 5.62. The lowest BCUT2D eigenvalue weighted by atomic mass is 10.1. The number of hydrogen-bond acceptors (Lipinski definition) is 3. The number of nitrogens with one attached hydrogen (secondary N) is 1. The monoisotopic (exact) mass is 233 g/mol. The molecule has 0 bridgehead atoms. The van der Waals surface area contributed by atoms with Gasteiger partial charge in [0.15, 0.2) is 0 Å². The molecule has 1 N–H and O–H groups in total. The van der Waals surface area contributed by atoms with Crippen molar-refractivity contribution >= 4 is 11.0 Å². The molecule has 0 atom stereocenters. The maximum Gasteiger partial charge on any atom is 0.137 e. The molecule has 0 aliphatic carbocycles. The van der Waals surface area contributed by atoms with E-state index in [-0.39, 0.29) is 0 Å². The van der Waals surface area contributed by atoms with Crippen LogP contribution in [0.4, 0.5) is 0 Å². The van der Waals surface area contributed by atoms with Gasteiger partial charge in [-0.3, -0.25) is 0 Å². The first-order valence-corrected chi connectivity index (χ1v) is 5.89. The van der Waals surface area contributed by atoms with Crippen LogP contribution < -0.4 is 5.32 Å². The number of ether oxygens (including phenoxy) is 1. The van der Waals surface area contributed by atoms with Gasteiger partial charge in [-0.2, -0.15) is 0 Å². The molecule has 17 heavy (non-hydrogen) atoms. The Labute approximate surface area is 102 Å². The number of hydrogen-bond donors (Lipinski definition) is 1. The van der Waals surface area contributed by atoms with Crippen molar-refractivity contribution < 1.29 is 9.15 Å². The van der Waals surface area contributed by atoms with E-state index in [0.717, 1.165) is 25.3 Å². The highest BCUT2D eigenvalue weighted by atomic mass is 16.5. The van der Waals surface area contributed by atoms with Crippen molar-refractivity contribution in [2.24, 2.45) is 0 Å². The number of methoxy groups -OCH3 is 1. The average molecular weight is 233 g/mol. The molecule has 2 aromatic rings. The van der Waals surface area contributed by atoms with Crippen LogP contribution >= 0.6 is 0 Å². The number of rotatable bonds is 5. The number of furan rings is 1. The van der Waals surface area contributed by atoms with Gasteiger partial charge in [-0.05, 0) is 31.0 Å². The summed E-state index contributed by atoms with van der Waals surface area (Å²) in [5.41, 5.74) is 4.68. The van der Waals surface area contributed by atoms with Crippen LogP contribution in [-0.2, 0) is 11.3 Å². The maximum absolute atomic E-state index is 5.62. The lowest BCUT2D eigenvalue weighted by molar-refractivity contribution is 0.199. The Morgan fingerprint density at radius 1 is 1.29 bits per heavy atom. The Balaban J connectivity index is 2.18.